The number of hydrogen-bond acceptors (Lipinski definition) is 4. The first-order chi connectivity index (χ1) is 11.0. The van der Waals surface area contributed by atoms with Crippen LogP contribution in [0.1, 0.15) is 5.56 Å². The average Bonchev–Trinajstić information content (AvgIpc) is 2.79. The third-order valence-corrected chi connectivity index (χ3v) is 4.57. The van der Waals surface area contributed by atoms with Gasteiger partial charge in [0.15, 0.2) is 5.17 Å². The summed E-state index contributed by atoms with van der Waals surface area (Å²) >= 11 is 4.30. The smallest absolute Gasteiger partial charge is 0.271 e. The minimum Gasteiger partial charge on any atom is -0.507 e. The van der Waals surface area contributed by atoms with Crippen molar-refractivity contribution in [1.82, 2.24) is 0 Å². The van der Waals surface area contributed by atoms with Gasteiger partial charge in [0, 0.05) is 10.0 Å². The van der Waals surface area contributed by atoms with Gasteiger partial charge in [0.2, 0.25) is 0 Å². The maximum absolute atomic E-state index is 13.0. The molecule has 116 valence electrons. The Bertz CT molecular complexity index is 836. The highest BCUT2D eigenvalue weighted by molar-refractivity contribution is 9.10. The number of phenols is 1. The summed E-state index contributed by atoms with van der Waals surface area (Å²) in [6.07, 6.45) is 1.53. The van der Waals surface area contributed by atoms with Crippen LogP contribution in [0, 0.1) is 11.2 Å². The zero-order valence-corrected chi connectivity index (χ0v) is 14.0. The van der Waals surface area contributed by atoms with Gasteiger partial charge in [-0.05, 0) is 60.3 Å². The number of rotatable bonds is 2. The zero-order valence-electron chi connectivity index (χ0n) is 11.6. The lowest BCUT2D eigenvalue weighted by Gasteiger charge is -2.13. The molecule has 0 saturated carbocycles. The molecule has 0 aromatic heterocycles. The minimum atomic E-state index is -0.408. The maximum atomic E-state index is 13.0. The van der Waals surface area contributed by atoms with Crippen LogP contribution in [0.4, 0.5) is 10.1 Å². The molecular formula is C16H10BrFN2O2S. The first-order valence-electron chi connectivity index (χ1n) is 6.52. The number of anilines is 1. The van der Waals surface area contributed by atoms with Crippen molar-refractivity contribution >= 4 is 50.5 Å². The van der Waals surface area contributed by atoms with Crippen molar-refractivity contribution in [2.45, 2.75) is 0 Å². The first-order valence-corrected chi connectivity index (χ1v) is 8.13. The fraction of sp³-hybridized carbons (Fsp3) is 0. The molecule has 1 heterocycles. The largest absolute Gasteiger partial charge is 0.507 e. The predicted octanol–water partition coefficient (Wildman–Crippen LogP) is 4.35. The molecule has 1 fully saturated rings. The Balaban J connectivity index is 1.96. The van der Waals surface area contributed by atoms with Crippen LogP contribution in [-0.2, 0) is 4.79 Å². The summed E-state index contributed by atoms with van der Waals surface area (Å²) in [7, 11) is 0. The van der Waals surface area contributed by atoms with Gasteiger partial charge in [0.05, 0.1) is 10.6 Å². The van der Waals surface area contributed by atoms with Crippen LogP contribution in [0.15, 0.2) is 51.8 Å². The maximum Gasteiger partial charge on any atom is 0.271 e. The molecule has 7 heteroatoms. The van der Waals surface area contributed by atoms with E-state index >= 15 is 0 Å². The zero-order chi connectivity index (χ0) is 16.6. The second kappa shape index (κ2) is 6.17. The number of amidine groups is 1. The van der Waals surface area contributed by atoms with E-state index in [9.17, 15) is 14.3 Å². The van der Waals surface area contributed by atoms with E-state index in [0.717, 1.165) is 16.2 Å². The van der Waals surface area contributed by atoms with Crippen molar-refractivity contribution in [2.24, 2.45) is 0 Å². The van der Waals surface area contributed by atoms with Gasteiger partial charge in [-0.15, -0.1) is 0 Å². The van der Waals surface area contributed by atoms with Gasteiger partial charge in [-0.2, -0.15) is 0 Å². The number of carbonyl (C=O) groups excluding carboxylic acids is 1. The summed E-state index contributed by atoms with van der Waals surface area (Å²) in [6, 6.07) is 10.3. The fourth-order valence-corrected chi connectivity index (χ4v) is 3.33. The van der Waals surface area contributed by atoms with Gasteiger partial charge >= 0.3 is 0 Å². The molecule has 0 aliphatic carbocycles. The van der Waals surface area contributed by atoms with E-state index < -0.39 is 5.82 Å². The lowest BCUT2D eigenvalue weighted by Crippen LogP contribution is -2.28. The number of amides is 1. The van der Waals surface area contributed by atoms with E-state index in [0.29, 0.717) is 16.2 Å². The van der Waals surface area contributed by atoms with Crippen molar-refractivity contribution in [2.75, 3.05) is 4.90 Å². The molecule has 0 spiro atoms. The Labute approximate surface area is 144 Å². The van der Waals surface area contributed by atoms with Crippen molar-refractivity contribution in [3.05, 3.63) is 63.2 Å². The van der Waals surface area contributed by atoms with Gasteiger partial charge in [-0.25, -0.2) is 4.39 Å². The Morgan fingerprint density at radius 2 is 1.91 bits per heavy atom. The molecule has 0 unspecified atom stereocenters. The van der Waals surface area contributed by atoms with E-state index in [1.165, 1.54) is 41.3 Å². The van der Waals surface area contributed by atoms with Gasteiger partial charge in [0.1, 0.15) is 11.6 Å². The van der Waals surface area contributed by atoms with Gasteiger partial charge in [-0.3, -0.25) is 15.1 Å². The number of benzene rings is 2. The number of thioether (sulfide) groups is 1. The molecule has 0 atom stereocenters. The lowest BCUT2D eigenvalue weighted by atomic mass is 10.2. The molecule has 2 N–H and O–H groups in total. The Kier molecular flexibility index (Phi) is 4.23. The van der Waals surface area contributed by atoms with Crippen LogP contribution in [0.5, 0.6) is 5.75 Å². The number of nitrogens with zero attached hydrogens (tertiary/aromatic N) is 1. The van der Waals surface area contributed by atoms with Crippen LogP contribution in [0.3, 0.4) is 0 Å². The van der Waals surface area contributed by atoms with Crippen LogP contribution < -0.4 is 4.90 Å². The molecule has 2 aromatic rings. The quantitative estimate of drug-likeness (QED) is 0.746. The second-order valence-electron chi connectivity index (χ2n) is 4.74. The van der Waals surface area contributed by atoms with E-state index in [4.69, 9.17) is 5.41 Å². The molecule has 1 aliphatic heterocycles. The average molecular weight is 393 g/mol. The van der Waals surface area contributed by atoms with E-state index in [2.05, 4.69) is 15.9 Å². The van der Waals surface area contributed by atoms with Crippen molar-refractivity contribution < 1.29 is 14.3 Å². The van der Waals surface area contributed by atoms with Crippen LogP contribution in [0.25, 0.3) is 6.08 Å². The molecule has 1 amide bonds. The number of hydrogen-bond donors (Lipinski definition) is 2. The summed E-state index contributed by atoms with van der Waals surface area (Å²) in [5.74, 6) is -0.749. The monoisotopic (exact) mass is 392 g/mol. The number of nitrogens with one attached hydrogen (secondary N) is 1. The molecule has 0 radical (unpaired) electrons. The topological polar surface area (TPSA) is 64.4 Å². The molecular weight excluding hydrogens is 383 g/mol. The number of halogens is 2. The van der Waals surface area contributed by atoms with Crippen molar-refractivity contribution in [3.63, 3.8) is 0 Å². The summed E-state index contributed by atoms with van der Waals surface area (Å²) < 4.78 is 13.8. The molecule has 1 aliphatic rings. The van der Waals surface area contributed by atoms with E-state index in [-0.39, 0.29) is 16.8 Å². The first kappa shape index (κ1) is 15.8. The molecule has 23 heavy (non-hydrogen) atoms. The molecule has 4 nitrogen and oxygen atoms in total. The molecule has 3 rings (SSSR count). The number of phenolic OH excluding ortho intramolecular Hbond substituents is 1. The summed E-state index contributed by atoms with van der Waals surface area (Å²) in [5.41, 5.74) is 0.903. The summed E-state index contributed by atoms with van der Waals surface area (Å²) in [6.45, 7) is 0. The van der Waals surface area contributed by atoms with Gasteiger partial charge < -0.3 is 5.11 Å². The van der Waals surface area contributed by atoms with E-state index in [1.807, 2.05) is 0 Å². The summed E-state index contributed by atoms with van der Waals surface area (Å²) in [5, 5.41) is 17.9. The van der Waals surface area contributed by atoms with Crippen LogP contribution >= 0.6 is 27.7 Å². The highest BCUT2D eigenvalue weighted by atomic mass is 79.9. The molecule has 2 aromatic carbocycles. The Hall–Kier alpha value is -2.12. The van der Waals surface area contributed by atoms with Crippen LogP contribution in [-0.4, -0.2) is 16.2 Å². The molecule has 1 saturated heterocycles. The number of carbonyl (C=O) groups is 1. The van der Waals surface area contributed by atoms with Gasteiger partial charge in [0.25, 0.3) is 5.91 Å². The van der Waals surface area contributed by atoms with Crippen molar-refractivity contribution in [1.29, 1.82) is 5.41 Å². The molecule has 0 bridgehead atoms. The second-order valence-corrected chi connectivity index (χ2v) is 6.68. The van der Waals surface area contributed by atoms with E-state index in [1.54, 1.807) is 12.1 Å². The van der Waals surface area contributed by atoms with Gasteiger partial charge in [-0.1, -0.05) is 15.9 Å². The van der Waals surface area contributed by atoms with Crippen LogP contribution in [0.2, 0.25) is 0 Å². The highest BCUT2D eigenvalue weighted by Crippen LogP contribution is 2.36. The minimum absolute atomic E-state index is 0.0299. The lowest BCUT2D eigenvalue weighted by molar-refractivity contribution is -0.113. The SMILES string of the molecule is N=C1S/C(=C\c2cc(Br)ccc2O)C(=O)N1c1ccc(F)cc1. The van der Waals surface area contributed by atoms with Crippen molar-refractivity contribution in [3.8, 4) is 5.75 Å². The normalized spacial score (nSPS) is 16.4. The highest BCUT2D eigenvalue weighted by Gasteiger charge is 2.33. The summed E-state index contributed by atoms with van der Waals surface area (Å²) in [4.78, 5) is 14.0. The third kappa shape index (κ3) is 3.16. The number of aromatic hydroxyl groups is 1. The third-order valence-electron chi connectivity index (χ3n) is 3.18. The Morgan fingerprint density at radius 1 is 1.22 bits per heavy atom. The fourth-order valence-electron chi connectivity index (χ4n) is 2.09. The predicted molar refractivity (Wildman–Crippen MR) is 93.0 cm³/mol. The Morgan fingerprint density at radius 3 is 2.61 bits per heavy atom. The standard InChI is InChI=1S/C16H10BrFN2O2S/c17-10-1-6-13(21)9(7-10)8-14-15(22)20(16(19)23-14)12-4-2-11(18)3-5-12/h1-8,19,21H/b14-8-,19-16?.